The van der Waals surface area contributed by atoms with Gasteiger partial charge in [-0.25, -0.2) is 15.0 Å². The normalized spacial score (nSPS) is 15.6. The molecule has 1 radical (unpaired) electrons. The van der Waals surface area contributed by atoms with Crippen LogP contribution in [0.5, 0.6) is 0 Å². The number of benzene rings is 2. The van der Waals surface area contributed by atoms with Crippen LogP contribution in [0, 0.1) is 13.3 Å². The summed E-state index contributed by atoms with van der Waals surface area (Å²) in [5.74, 6) is 0.676. The fourth-order valence-corrected chi connectivity index (χ4v) is 5.72. The number of hydrogen-bond acceptors (Lipinski definition) is 5. The van der Waals surface area contributed by atoms with Crippen LogP contribution in [-0.2, 0) is 0 Å². The minimum Gasteiger partial charge on any atom is -0.317 e. The van der Waals surface area contributed by atoms with Gasteiger partial charge in [0.05, 0.1) is 21.3 Å². The lowest BCUT2D eigenvalue weighted by atomic mass is 9.92. The molecule has 0 aliphatic carbocycles. The zero-order chi connectivity index (χ0) is 21.9. The molecule has 32 heavy (non-hydrogen) atoms. The molecule has 5 heteroatoms. The number of rotatable bonds is 5. The van der Waals surface area contributed by atoms with Gasteiger partial charge in [0.15, 0.2) is 6.33 Å². The van der Waals surface area contributed by atoms with Gasteiger partial charge in [-0.1, -0.05) is 61.0 Å². The Morgan fingerprint density at radius 3 is 2.62 bits per heavy atom. The molecule has 1 N–H and O–H groups in total. The highest BCUT2D eigenvalue weighted by Crippen LogP contribution is 2.43. The number of nitrogens with one attached hydrogen (secondary N) is 1. The summed E-state index contributed by atoms with van der Waals surface area (Å²) in [6.45, 7) is 6.46. The lowest BCUT2D eigenvalue weighted by Crippen LogP contribution is -2.26. The molecular formula is C27H27N4S. The van der Waals surface area contributed by atoms with Crippen molar-refractivity contribution in [2.45, 2.75) is 38.5 Å². The van der Waals surface area contributed by atoms with Crippen molar-refractivity contribution in [1.82, 2.24) is 20.3 Å². The maximum absolute atomic E-state index is 5.21. The molecule has 0 unspecified atom stereocenters. The highest BCUT2D eigenvalue weighted by Gasteiger charge is 2.26. The monoisotopic (exact) mass is 439 g/mol. The van der Waals surface area contributed by atoms with E-state index < -0.39 is 0 Å². The molecule has 1 aliphatic heterocycles. The molecule has 4 nitrogen and oxygen atoms in total. The molecule has 0 amide bonds. The molecule has 0 bridgehead atoms. The SMILES string of the molecule is Cc1cccc(-c2nc(C3CCNCC3)sc2-c2n[c]ncc2[C@@H](C)c2ccccc2)c1. The van der Waals surface area contributed by atoms with E-state index in [4.69, 9.17) is 4.98 Å². The average Bonchev–Trinajstić information content (AvgIpc) is 3.30. The van der Waals surface area contributed by atoms with Crippen molar-refractivity contribution < 1.29 is 0 Å². The molecule has 5 rings (SSSR count). The Balaban J connectivity index is 1.65. The van der Waals surface area contributed by atoms with E-state index in [-0.39, 0.29) is 5.92 Å². The Morgan fingerprint density at radius 2 is 1.84 bits per heavy atom. The highest BCUT2D eigenvalue weighted by molar-refractivity contribution is 7.15. The van der Waals surface area contributed by atoms with Crippen molar-refractivity contribution >= 4 is 11.3 Å². The van der Waals surface area contributed by atoms with Gasteiger partial charge in [-0.2, -0.15) is 0 Å². The molecule has 1 fully saturated rings. The first-order chi connectivity index (χ1) is 15.7. The molecule has 2 aromatic carbocycles. The predicted octanol–water partition coefficient (Wildman–Crippen LogP) is 5.99. The first-order valence-corrected chi connectivity index (χ1v) is 12.1. The lowest BCUT2D eigenvalue weighted by Gasteiger charge is -2.20. The van der Waals surface area contributed by atoms with E-state index in [9.17, 15) is 0 Å². The Bertz CT molecular complexity index is 1200. The summed E-state index contributed by atoms with van der Waals surface area (Å²) < 4.78 is 0. The smallest absolute Gasteiger partial charge is 0.198 e. The van der Waals surface area contributed by atoms with Gasteiger partial charge in [0.2, 0.25) is 0 Å². The summed E-state index contributed by atoms with van der Waals surface area (Å²) in [7, 11) is 0. The number of thiazole rings is 1. The second-order valence-corrected chi connectivity index (χ2v) is 9.56. The summed E-state index contributed by atoms with van der Waals surface area (Å²) in [5, 5.41) is 4.69. The molecule has 0 spiro atoms. The van der Waals surface area contributed by atoms with Gasteiger partial charge in [-0.05, 0) is 44.5 Å². The Labute approximate surface area is 193 Å². The van der Waals surface area contributed by atoms with Crippen LogP contribution in [0.2, 0.25) is 0 Å². The molecule has 2 aromatic heterocycles. The summed E-state index contributed by atoms with van der Waals surface area (Å²) in [5.41, 5.74) is 6.73. The van der Waals surface area contributed by atoms with Crippen LogP contribution in [0.1, 0.15) is 53.3 Å². The van der Waals surface area contributed by atoms with E-state index in [1.807, 2.05) is 6.20 Å². The number of piperidine rings is 1. The van der Waals surface area contributed by atoms with Crippen molar-refractivity contribution in [3.8, 4) is 21.8 Å². The minimum absolute atomic E-state index is 0.176. The van der Waals surface area contributed by atoms with Gasteiger partial charge in [0.1, 0.15) is 0 Å². The van der Waals surface area contributed by atoms with E-state index in [0.717, 1.165) is 53.3 Å². The van der Waals surface area contributed by atoms with Gasteiger partial charge in [0, 0.05) is 29.2 Å². The molecule has 1 saturated heterocycles. The molecule has 1 atom stereocenters. The molecule has 161 valence electrons. The van der Waals surface area contributed by atoms with E-state index in [0.29, 0.717) is 5.92 Å². The zero-order valence-electron chi connectivity index (χ0n) is 18.5. The first-order valence-electron chi connectivity index (χ1n) is 11.3. The average molecular weight is 440 g/mol. The summed E-state index contributed by atoms with van der Waals surface area (Å²) >= 11 is 1.80. The van der Waals surface area contributed by atoms with Crippen molar-refractivity contribution in [3.63, 3.8) is 0 Å². The topological polar surface area (TPSA) is 50.7 Å². The maximum Gasteiger partial charge on any atom is 0.198 e. The largest absolute Gasteiger partial charge is 0.317 e. The number of nitrogens with zero attached hydrogens (tertiary/aromatic N) is 3. The Hall–Kier alpha value is -2.89. The van der Waals surface area contributed by atoms with Crippen LogP contribution in [0.4, 0.5) is 0 Å². The van der Waals surface area contributed by atoms with Crippen LogP contribution < -0.4 is 5.32 Å². The van der Waals surface area contributed by atoms with E-state index >= 15 is 0 Å². The van der Waals surface area contributed by atoms with E-state index in [2.05, 4.69) is 90.1 Å². The van der Waals surface area contributed by atoms with Crippen molar-refractivity contribution in [3.05, 3.63) is 88.8 Å². The molecule has 3 heterocycles. The second kappa shape index (κ2) is 9.31. The standard InChI is InChI=1S/C27H27N4S/c1-18-7-6-10-22(15-18)24-26(32-27(31-24)21-11-13-28-14-12-21)25-23(16-29-17-30-25)19(2)20-8-4-3-5-9-20/h3-10,15-16,19,21,28H,11-14H2,1-2H3/t19-/m0/s1. The van der Waals surface area contributed by atoms with Crippen molar-refractivity contribution in [2.75, 3.05) is 13.1 Å². The molecule has 1 aliphatic rings. The van der Waals surface area contributed by atoms with Gasteiger partial charge in [-0.15, -0.1) is 11.3 Å². The van der Waals surface area contributed by atoms with Crippen LogP contribution in [0.25, 0.3) is 21.8 Å². The van der Waals surface area contributed by atoms with Crippen molar-refractivity contribution in [2.24, 2.45) is 0 Å². The fraction of sp³-hybridized carbons (Fsp3) is 0.296. The summed E-state index contributed by atoms with van der Waals surface area (Å²) in [6.07, 6.45) is 7.03. The van der Waals surface area contributed by atoms with Crippen molar-refractivity contribution in [1.29, 1.82) is 0 Å². The number of hydrogen-bond donors (Lipinski definition) is 1. The first kappa shape index (κ1) is 21.0. The minimum atomic E-state index is 0.176. The third-order valence-electron chi connectivity index (χ3n) is 6.30. The summed E-state index contributed by atoms with van der Waals surface area (Å²) in [4.78, 5) is 15.3. The van der Waals surface area contributed by atoms with Crippen LogP contribution in [-0.4, -0.2) is 28.0 Å². The second-order valence-electron chi connectivity index (χ2n) is 8.53. The van der Waals surface area contributed by atoms with Gasteiger partial charge < -0.3 is 5.32 Å². The Kier molecular flexibility index (Phi) is 6.10. The maximum atomic E-state index is 5.21. The highest BCUT2D eigenvalue weighted by atomic mass is 32.1. The predicted molar refractivity (Wildman–Crippen MR) is 131 cm³/mol. The molecule has 4 aromatic rings. The van der Waals surface area contributed by atoms with Gasteiger partial charge in [0.25, 0.3) is 0 Å². The Morgan fingerprint density at radius 1 is 1.03 bits per heavy atom. The quantitative estimate of drug-likeness (QED) is 0.415. The third kappa shape index (κ3) is 4.23. The summed E-state index contributed by atoms with van der Waals surface area (Å²) in [6, 6.07) is 19.2. The number of aromatic nitrogens is 3. The molecule has 0 saturated carbocycles. The van der Waals surface area contributed by atoms with Gasteiger partial charge >= 0.3 is 0 Å². The third-order valence-corrected chi connectivity index (χ3v) is 7.53. The molecular weight excluding hydrogens is 412 g/mol. The van der Waals surface area contributed by atoms with Crippen LogP contribution >= 0.6 is 11.3 Å². The van der Waals surface area contributed by atoms with Crippen LogP contribution in [0.15, 0.2) is 60.8 Å². The van der Waals surface area contributed by atoms with E-state index in [1.165, 1.54) is 16.1 Å². The van der Waals surface area contributed by atoms with E-state index in [1.54, 1.807) is 11.3 Å². The van der Waals surface area contributed by atoms with Crippen LogP contribution in [0.3, 0.4) is 0 Å². The zero-order valence-corrected chi connectivity index (χ0v) is 19.3. The van der Waals surface area contributed by atoms with Gasteiger partial charge in [-0.3, -0.25) is 0 Å². The lowest BCUT2D eigenvalue weighted by molar-refractivity contribution is 0.459. The fourth-order valence-electron chi connectivity index (χ4n) is 4.45. The number of aryl methyl sites for hydroxylation is 1.